The van der Waals surface area contributed by atoms with E-state index in [1.54, 1.807) is 4.72 Å². The molecule has 0 aromatic carbocycles. The number of rotatable bonds is 3. The van der Waals surface area contributed by atoms with E-state index in [-0.39, 0.29) is 10.9 Å². The van der Waals surface area contributed by atoms with Gasteiger partial charge in [0.1, 0.15) is 0 Å². The summed E-state index contributed by atoms with van der Waals surface area (Å²) in [5, 5.41) is 0. The number of hydrogen-bond acceptors (Lipinski definition) is 4. The third kappa shape index (κ3) is 4.26. The van der Waals surface area contributed by atoms with E-state index < -0.39 is 16.3 Å². The molecule has 2 unspecified atom stereocenters. The fraction of sp³-hybridized carbons (Fsp3) is 0.875. The molecule has 2 atom stereocenters. The lowest BCUT2D eigenvalue weighted by Crippen LogP contribution is -2.49. The first kappa shape index (κ1) is 13.7. The topological polar surface area (TPSA) is 84.5 Å². The van der Waals surface area contributed by atoms with Gasteiger partial charge < -0.3 is 4.74 Å². The molecule has 1 saturated carbocycles. The summed E-state index contributed by atoms with van der Waals surface area (Å²) in [5.74, 6) is 0. The first-order valence-electron chi connectivity index (χ1n) is 4.96. The quantitative estimate of drug-likeness (QED) is 0.757. The second-order valence-corrected chi connectivity index (χ2v) is 6.24. The molecule has 2 N–H and O–H groups in total. The van der Waals surface area contributed by atoms with Crippen LogP contribution in [-0.2, 0) is 14.9 Å². The number of nitrogens with one attached hydrogen (secondary N) is 2. The van der Waals surface area contributed by atoms with Gasteiger partial charge in [0.15, 0.2) is 0 Å². The Morgan fingerprint density at radius 3 is 2.56 bits per heavy atom. The van der Waals surface area contributed by atoms with Gasteiger partial charge in [0.25, 0.3) is 0 Å². The minimum absolute atomic E-state index is 0.107. The Morgan fingerprint density at radius 2 is 2.00 bits per heavy atom. The molecule has 0 radical (unpaired) electrons. The van der Waals surface area contributed by atoms with E-state index in [0.29, 0.717) is 0 Å². The molecule has 16 heavy (non-hydrogen) atoms. The Hall–Kier alpha value is -0.340. The van der Waals surface area contributed by atoms with Gasteiger partial charge in [-0.05, 0) is 12.8 Å². The van der Waals surface area contributed by atoms with E-state index >= 15 is 0 Å². The Balaban J connectivity index is 2.54. The molecule has 1 fully saturated rings. The largest absolute Gasteiger partial charge is 0.452 e. The van der Waals surface area contributed by atoms with Crippen molar-refractivity contribution in [2.75, 3.05) is 7.11 Å². The van der Waals surface area contributed by atoms with Crippen molar-refractivity contribution in [3.63, 3.8) is 0 Å². The van der Waals surface area contributed by atoms with Crippen molar-refractivity contribution < 1.29 is 17.9 Å². The number of carbonyl (C=O) groups is 1. The predicted octanol–water partition coefficient (Wildman–Crippen LogP) is 0.883. The van der Waals surface area contributed by atoms with Crippen LogP contribution in [0.3, 0.4) is 0 Å². The molecular formula is C8H15BrN2O4S. The molecule has 0 heterocycles. The Kier molecular flexibility index (Phi) is 5.00. The first-order chi connectivity index (χ1) is 7.44. The van der Waals surface area contributed by atoms with Crippen molar-refractivity contribution in [2.45, 2.75) is 36.6 Å². The summed E-state index contributed by atoms with van der Waals surface area (Å²) in [6.07, 6.45) is 2.75. The van der Waals surface area contributed by atoms with Crippen molar-refractivity contribution in [3.8, 4) is 0 Å². The zero-order chi connectivity index (χ0) is 12.2. The molecule has 1 rings (SSSR count). The summed E-state index contributed by atoms with van der Waals surface area (Å²) in [7, 11) is -2.72. The van der Waals surface area contributed by atoms with E-state index in [1.807, 2.05) is 0 Å². The first-order valence-corrected chi connectivity index (χ1v) is 7.36. The van der Waals surface area contributed by atoms with E-state index in [0.717, 1.165) is 32.8 Å². The highest BCUT2D eigenvalue weighted by molar-refractivity contribution is 9.09. The lowest BCUT2D eigenvalue weighted by Gasteiger charge is -2.27. The average Bonchev–Trinajstić information content (AvgIpc) is 2.20. The van der Waals surface area contributed by atoms with Crippen LogP contribution in [0.4, 0.5) is 4.79 Å². The van der Waals surface area contributed by atoms with Gasteiger partial charge in [-0.2, -0.15) is 13.1 Å². The fourth-order valence-electron chi connectivity index (χ4n) is 1.60. The van der Waals surface area contributed by atoms with Crippen molar-refractivity contribution in [1.82, 2.24) is 9.44 Å². The van der Waals surface area contributed by atoms with Crippen LogP contribution in [-0.4, -0.2) is 32.5 Å². The van der Waals surface area contributed by atoms with Crippen molar-refractivity contribution in [2.24, 2.45) is 0 Å². The summed E-state index contributed by atoms with van der Waals surface area (Å²) >= 11 is 3.42. The molecular weight excluding hydrogens is 300 g/mol. The number of hydrogen-bond donors (Lipinski definition) is 2. The fourth-order valence-corrected chi connectivity index (χ4v) is 3.54. The molecule has 8 heteroatoms. The number of amides is 1. The number of methoxy groups -OCH3 is 1. The van der Waals surface area contributed by atoms with E-state index in [9.17, 15) is 13.2 Å². The number of carbonyl (C=O) groups excluding carboxylic acids is 1. The number of halogens is 1. The molecule has 0 spiro atoms. The maximum absolute atomic E-state index is 11.5. The number of alkyl halides is 1. The predicted molar refractivity (Wildman–Crippen MR) is 62.6 cm³/mol. The van der Waals surface area contributed by atoms with Gasteiger partial charge in [-0.3, -0.25) is 0 Å². The Bertz CT molecular complexity index is 346. The molecule has 0 aromatic rings. The average molecular weight is 315 g/mol. The van der Waals surface area contributed by atoms with Gasteiger partial charge in [0.05, 0.1) is 7.11 Å². The van der Waals surface area contributed by atoms with Crippen LogP contribution in [0.5, 0.6) is 0 Å². The number of ether oxygens (including phenoxy) is 1. The molecule has 6 nitrogen and oxygen atoms in total. The summed E-state index contributed by atoms with van der Waals surface area (Å²) in [6.45, 7) is 0. The molecule has 0 aliphatic heterocycles. The minimum atomic E-state index is -3.83. The van der Waals surface area contributed by atoms with Gasteiger partial charge >= 0.3 is 16.3 Å². The summed E-state index contributed by atoms with van der Waals surface area (Å²) < 4.78 is 31.3. The second-order valence-electron chi connectivity index (χ2n) is 3.62. The van der Waals surface area contributed by atoms with Crippen molar-refractivity contribution >= 4 is 32.2 Å². The van der Waals surface area contributed by atoms with E-state index in [4.69, 9.17) is 0 Å². The Labute approximate surface area is 103 Å². The molecule has 1 amide bonds. The van der Waals surface area contributed by atoms with Crippen LogP contribution in [0.25, 0.3) is 0 Å². The van der Waals surface area contributed by atoms with Gasteiger partial charge in [-0.25, -0.2) is 9.52 Å². The highest BCUT2D eigenvalue weighted by Crippen LogP contribution is 2.24. The highest BCUT2D eigenvalue weighted by atomic mass is 79.9. The Morgan fingerprint density at radius 1 is 1.38 bits per heavy atom. The molecule has 94 valence electrons. The maximum atomic E-state index is 11.5. The zero-order valence-electron chi connectivity index (χ0n) is 8.90. The van der Waals surface area contributed by atoms with Gasteiger partial charge in [-0.15, -0.1) is 0 Å². The molecule has 1 aliphatic carbocycles. The van der Waals surface area contributed by atoms with Gasteiger partial charge in [-0.1, -0.05) is 28.8 Å². The highest BCUT2D eigenvalue weighted by Gasteiger charge is 2.27. The second kappa shape index (κ2) is 5.83. The minimum Gasteiger partial charge on any atom is -0.452 e. The van der Waals surface area contributed by atoms with Gasteiger partial charge in [0, 0.05) is 10.9 Å². The van der Waals surface area contributed by atoms with Crippen LogP contribution < -0.4 is 9.44 Å². The summed E-state index contributed by atoms with van der Waals surface area (Å²) in [5.41, 5.74) is 0. The molecule has 0 aromatic heterocycles. The monoisotopic (exact) mass is 314 g/mol. The third-order valence-electron chi connectivity index (χ3n) is 2.39. The molecule has 0 saturated heterocycles. The van der Waals surface area contributed by atoms with Crippen molar-refractivity contribution in [1.29, 1.82) is 0 Å². The van der Waals surface area contributed by atoms with E-state index in [2.05, 4.69) is 25.4 Å². The van der Waals surface area contributed by atoms with Crippen molar-refractivity contribution in [3.05, 3.63) is 0 Å². The molecule has 1 aliphatic rings. The van der Waals surface area contributed by atoms with Crippen LogP contribution in [0, 0.1) is 0 Å². The zero-order valence-corrected chi connectivity index (χ0v) is 11.3. The lowest BCUT2D eigenvalue weighted by atomic mass is 9.96. The maximum Gasteiger partial charge on any atom is 0.421 e. The summed E-state index contributed by atoms with van der Waals surface area (Å²) in [4.78, 5) is 10.9. The third-order valence-corrected chi connectivity index (χ3v) is 4.54. The van der Waals surface area contributed by atoms with Crippen LogP contribution in [0.2, 0.25) is 0 Å². The van der Waals surface area contributed by atoms with Crippen LogP contribution in [0.1, 0.15) is 25.7 Å². The van der Waals surface area contributed by atoms with E-state index in [1.165, 1.54) is 0 Å². The van der Waals surface area contributed by atoms with Crippen LogP contribution >= 0.6 is 15.9 Å². The normalized spacial score (nSPS) is 26.1. The SMILES string of the molecule is COC(=O)NS(=O)(=O)NC1CCCCC1Br. The summed E-state index contributed by atoms with van der Waals surface area (Å²) in [6, 6.07) is -0.184. The lowest BCUT2D eigenvalue weighted by molar-refractivity contribution is 0.177. The molecule has 0 bridgehead atoms. The smallest absolute Gasteiger partial charge is 0.421 e. The standard InChI is InChI=1S/C8H15BrN2O4S/c1-15-8(12)11-16(13,14)10-7-5-3-2-4-6(7)9/h6-7,10H,2-5H2,1H3,(H,11,12). The van der Waals surface area contributed by atoms with Gasteiger partial charge in [0.2, 0.25) is 0 Å². The van der Waals surface area contributed by atoms with Crippen LogP contribution in [0.15, 0.2) is 0 Å².